The number of hydrogen-bond acceptors (Lipinski definition) is 8. The minimum atomic E-state index is -2.60. The molecule has 1 saturated heterocycles. The van der Waals surface area contributed by atoms with Crippen molar-refractivity contribution in [2.24, 2.45) is 0 Å². The molecule has 10 heteroatoms. The van der Waals surface area contributed by atoms with Crippen LogP contribution in [0, 0.1) is 0 Å². The third-order valence-corrected chi connectivity index (χ3v) is 3.62. The van der Waals surface area contributed by atoms with E-state index in [0.29, 0.717) is 11.3 Å². The van der Waals surface area contributed by atoms with Crippen LogP contribution in [0.4, 0.5) is 16.2 Å². The summed E-state index contributed by atoms with van der Waals surface area (Å²) >= 11 is 0. The molecule has 1 fully saturated rings. The first-order valence-corrected chi connectivity index (χ1v) is 6.21. The van der Waals surface area contributed by atoms with Crippen LogP contribution in [0.15, 0.2) is 6.33 Å². The van der Waals surface area contributed by atoms with Gasteiger partial charge < -0.3 is 26.0 Å². The van der Waals surface area contributed by atoms with Crippen molar-refractivity contribution in [1.29, 1.82) is 0 Å². The van der Waals surface area contributed by atoms with E-state index in [9.17, 15) is 14.6 Å². The second-order valence-corrected chi connectivity index (χ2v) is 5.06. The molecule has 2 aromatic heterocycles. The molecule has 2 unspecified atom stereocenters. The van der Waals surface area contributed by atoms with Gasteiger partial charge in [-0.25, -0.2) is 9.37 Å². The Kier molecular flexibility index (Phi) is 2.80. The fourth-order valence-electron chi connectivity index (χ4n) is 2.31. The smallest absolute Gasteiger partial charge is 0.226 e. The van der Waals surface area contributed by atoms with Gasteiger partial charge in [-0.3, -0.25) is 4.57 Å². The van der Waals surface area contributed by atoms with Gasteiger partial charge >= 0.3 is 0 Å². The Morgan fingerprint density at radius 3 is 2.81 bits per heavy atom. The molecule has 0 aliphatic carbocycles. The fraction of sp³-hybridized carbons (Fsp3) is 0.545. The standard InChI is InChI=1S/C11H15FN6O3/c1-10(12)8(21-3-11(10,19)20)18-4-15-5-6(14-2)16-9(13)17-7(5)18/h4,8,19-20H,3H2,1-2H3,(H3,13,14,16,17). The minimum absolute atomic E-state index is 0.0218. The van der Waals surface area contributed by atoms with Crippen LogP contribution in [-0.4, -0.2) is 54.8 Å². The van der Waals surface area contributed by atoms with Gasteiger partial charge in [-0.1, -0.05) is 0 Å². The van der Waals surface area contributed by atoms with Crippen LogP contribution in [0.25, 0.3) is 11.2 Å². The van der Waals surface area contributed by atoms with Gasteiger partial charge in [-0.15, -0.1) is 0 Å². The Balaban J connectivity index is 2.17. The summed E-state index contributed by atoms with van der Waals surface area (Å²) in [6.45, 7) is 0.476. The number of aromatic nitrogens is 4. The zero-order valence-electron chi connectivity index (χ0n) is 11.4. The molecular formula is C11H15FN6O3. The maximum atomic E-state index is 14.7. The highest BCUT2D eigenvalue weighted by atomic mass is 19.1. The van der Waals surface area contributed by atoms with E-state index < -0.39 is 24.3 Å². The quantitative estimate of drug-likeness (QED) is 0.540. The van der Waals surface area contributed by atoms with E-state index in [1.165, 1.54) is 10.9 Å². The molecule has 1 aliphatic heterocycles. The van der Waals surface area contributed by atoms with E-state index in [2.05, 4.69) is 20.3 Å². The van der Waals surface area contributed by atoms with Gasteiger partial charge in [-0.05, 0) is 6.92 Å². The molecule has 0 aromatic carbocycles. The predicted octanol–water partition coefficient (Wildman–Crippen LogP) is -0.612. The first kappa shape index (κ1) is 13.9. The van der Waals surface area contributed by atoms with E-state index in [1.807, 2.05) is 0 Å². The first-order chi connectivity index (χ1) is 9.78. The molecule has 5 N–H and O–H groups in total. The van der Waals surface area contributed by atoms with E-state index in [-0.39, 0.29) is 11.6 Å². The lowest BCUT2D eigenvalue weighted by molar-refractivity contribution is -0.224. The molecular weight excluding hydrogens is 283 g/mol. The normalized spacial score (nSPS) is 28.1. The van der Waals surface area contributed by atoms with E-state index in [1.54, 1.807) is 7.05 Å². The molecule has 0 spiro atoms. The Morgan fingerprint density at radius 1 is 1.52 bits per heavy atom. The number of anilines is 2. The van der Waals surface area contributed by atoms with Crippen molar-refractivity contribution in [3.8, 4) is 0 Å². The number of halogens is 1. The molecule has 0 radical (unpaired) electrons. The van der Waals surface area contributed by atoms with E-state index >= 15 is 0 Å². The van der Waals surface area contributed by atoms with Crippen LogP contribution in [0.5, 0.6) is 0 Å². The number of aliphatic hydroxyl groups is 2. The van der Waals surface area contributed by atoms with E-state index in [0.717, 1.165) is 6.92 Å². The molecule has 3 heterocycles. The van der Waals surface area contributed by atoms with Gasteiger partial charge in [0.1, 0.15) is 6.61 Å². The SMILES string of the molecule is CNc1nc(N)nc2c1ncn2C1OCC(O)(O)C1(C)F. The summed E-state index contributed by atoms with van der Waals surface area (Å²) in [4.78, 5) is 12.1. The maximum absolute atomic E-state index is 14.7. The zero-order valence-corrected chi connectivity index (χ0v) is 11.4. The van der Waals surface area contributed by atoms with Crippen molar-refractivity contribution in [2.45, 2.75) is 24.6 Å². The molecule has 114 valence electrons. The second-order valence-electron chi connectivity index (χ2n) is 5.06. The number of imidazole rings is 1. The highest BCUT2D eigenvalue weighted by molar-refractivity contribution is 5.84. The number of fused-ring (bicyclic) bond motifs is 1. The van der Waals surface area contributed by atoms with Crippen LogP contribution in [0.3, 0.4) is 0 Å². The maximum Gasteiger partial charge on any atom is 0.226 e. The van der Waals surface area contributed by atoms with Crippen molar-refractivity contribution in [2.75, 3.05) is 24.7 Å². The number of alkyl halides is 1. The van der Waals surface area contributed by atoms with Crippen molar-refractivity contribution in [3.05, 3.63) is 6.33 Å². The van der Waals surface area contributed by atoms with Crippen molar-refractivity contribution >= 4 is 22.9 Å². The van der Waals surface area contributed by atoms with Gasteiger partial charge in [0.25, 0.3) is 0 Å². The van der Waals surface area contributed by atoms with Crippen molar-refractivity contribution in [1.82, 2.24) is 19.5 Å². The monoisotopic (exact) mass is 298 g/mol. The minimum Gasteiger partial charge on any atom is -0.371 e. The van der Waals surface area contributed by atoms with Crippen LogP contribution in [0.1, 0.15) is 13.2 Å². The number of ether oxygens (including phenoxy) is 1. The van der Waals surface area contributed by atoms with Crippen LogP contribution in [-0.2, 0) is 4.74 Å². The summed E-state index contributed by atoms with van der Waals surface area (Å²) in [6, 6.07) is 0. The Morgan fingerprint density at radius 2 is 2.24 bits per heavy atom. The molecule has 21 heavy (non-hydrogen) atoms. The van der Waals surface area contributed by atoms with Crippen LogP contribution < -0.4 is 11.1 Å². The highest BCUT2D eigenvalue weighted by Gasteiger charge is 2.60. The van der Waals surface area contributed by atoms with Gasteiger partial charge in [-0.2, -0.15) is 9.97 Å². The molecule has 3 rings (SSSR count). The third-order valence-electron chi connectivity index (χ3n) is 3.62. The van der Waals surface area contributed by atoms with E-state index in [4.69, 9.17) is 10.5 Å². The Hall–Kier alpha value is -2.04. The molecule has 9 nitrogen and oxygen atoms in total. The van der Waals surface area contributed by atoms with Crippen LogP contribution in [0.2, 0.25) is 0 Å². The fourth-order valence-corrected chi connectivity index (χ4v) is 2.31. The molecule has 0 bridgehead atoms. The number of nitrogen functional groups attached to an aromatic ring is 1. The number of rotatable bonds is 2. The molecule has 0 amide bonds. The average molecular weight is 298 g/mol. The lowest BCUT2D eigenvalue weighted by Gasteiger charge is -2.29. The Bertz CT molecular complexity index is 701. The summed E-state index contributed by atoms with van der Waals surface area (Å²) in [6.07, 6.45) is 0.000260. The highest BCUT2D eigenvalue weighted by Crippen LogP contribution is 2.44. The van der Waals surface area contributed by atoms with Crippen LogP contribution >= 0.6 is 0 Å². The van der Waals surface area contributed by atoms with Gasteiger partial charge in [0.15, 0.2) is 23.2 Å². The second kappa shape index (κ2) is 4.23. The summed E-state index contributed by atoms with van der Waals surface area (Å²) in [5, 5.41) is 22.2. The molecule has 2 atom stereocenters. The van der Waals surface area contributed by atoms with Gasteiger partial charge in [0, 0.05) is 7.05 Å². The number of hydrogen-bond donors (Lipinski definition) is 4. The topological polar surface area (TPSA) is 131 Å². The molecule has 0 saturated carbocycles. The largest absolute Gasteiger partial charge is 0.371 e. The lowest BCUT2D eigenvalue weighted by atomic mass is 9.99. The zero-order chi connectivity index (χ0) is 15.4. The Labute approximate surface area is 118 Å². The lowest BCUT2D eigenvalue weighted by Crippen LogP contribution is -2.49. The summed E-state index contributed by atoms with van der Waals surface area (Å²) in [5.74, 6) is -2.24. The average Bonchev–Trinajstić information content (AvgIpc) is 2.89. The van der Waals surface area contributed by atoms with Gasteiger partial charge in [0.05, 0.1) is 6.33 Å². The predicted molar refractivity (Wildman–Crippen MR) is 71.0 cm³/mol. The third kappa shape index (κ3) is 1.83. The van der Waals surface area contributed by atoms with Crippen molar-refractivity contribution < 1.29 is 19.3 Å². The summed E-state index contributed by atoms with van der Waals surface area (Å²) in [5.41, 5.74) is 3.78. The molecule has 2 aromatic rings. The number of nitrogens with zero attached hydrogens (tertiary/aromatic N) is 4. The number of nitrogens with one attached hydrogen (secondary N) is 1. The molecule has 1 aliphatic rings. The first-order valence-electron chi connectivity index (χ1n) is 6.21. The van der Waals surface area contributed by atoms with Gasteiger partial charge in [0.2, 0.25) is 17.4 Å². The summed E-state index contributed by atoms with van der Waals surface area (Å²) in [7, 11) is 1.64. The number of nitrogens with two attached hydrogens (primary N) is 1. The van der Waals surface area contributed by atoms with Crippen molar-refractivity contribution in [3.63, 3.8) is 0 Å². The summed E-state index contributed by atoms with van der Waals surface area (Å²) < 4.78 is 21.1.